The molecule has 0 aliphatic rings. The summed E-state index contributed by atoms with van der Waals surface area (Å²) < 4.78 is 36.1. The molecule has 0 heterocycles. The van der Waals surface area contributed by atoms with E-state index in [0.29, 0.717) is 11.0 Å². The van der Waals surface area contributed by atoms with E-state index in [4.69, 9.17) is 0 Å². The Bertz CT molecular complexity index is 502. The van der Waals surface area contributed by atoms with E-state index in [1.807, 2.05) is 0 Å². The van der Waals surface area contributed by atoms with Crippen LogP contribution >= 0.6 is 15.9 Å². The van der Waals surface area contributed by atoms with Gasteiger partial charge in [-0.2, -0.15) is 0 Å². The van der Waals surface area contributed by atoms with Crippen molar-refractivity contribution in [3.8, 4) is 0 Å². The van der Waals surface area contributed by atoms with Gasteiger partial charge in [-0.25, -0.2) is 12.8 Å². The molecular weight excluding hydrogens is 309 g/mol. The average molecular weight is 324 g/mol. The summed E-state index contributed by atoms with van der Waals surface area (Å²) in [6, 6.07) is 3.02. The van der Waals surface area contributed by atoms with Crippen molar-refractivity contribution in [3.63, 3.8) is 0 Å². The molecule has 0 saturated carbocycles. The van der Waals surface area contributed by atoms with Gasteiger partial charge in [0.05, 0.1) is 10.2 Å². The second kappa shape index (κ2) is 5.82. The predicted octanol–water partition coefficient (Wildman–Crippen LogP) is 2.74. The summed E-state index contributed by atoms with van der Waals surface area (Å²) >= 11 is 3.09. The van der Waals surface area contributed by atoms with E-state index < -0.39 is 9.84 Å². The minimum atomic E-state index is -2.97. The lowest BCUT2D eigenvalue weighted by atomic mass is 10.2. The van der Waals surface area contributed by atoms with Gasteiger partial charge in [0.25, 0.3) is 0 Å². The fraction of sp³-hybridized carbons (Fsp3) is 0.455. The molecule has 0 aliphatic heterocycles. The zero-order chi connectivity index (χ0) is 13.1. The number of aryl methyl sites for hydroxylation is 1. The first-order valence-corrected chi connectivity index (χ1v) is 7.87. The van der Waals surface area contributed by atoms with E-state index in [9.17, 15) is 12.8 Å². The molecule has 0 aromatic heterocycles. The Kier molecular flexibility index (Phi) is 4.94. The van der Waals surface area contributed by atoms with Crippen molar-refractivity contribution in [2.45, 2.75) is 13.8 Å². The fourth-order valence-electron chi connectivity index (χ4n) is 1.32. The Balaban J connectivity index is 2.68. The molecule has 0 saturated heterocycles. The highest BCUT2D eigenvalue weighted by atomic mass is 79.9. The number of nitrogens with one attached hydrogen (secondary N) is 1. The lowest BCUT2D eigenvalue weighted by Gasteiger charge is -2.10. The summed E-state index contributed by atoms with van der Waals surface area (Å²) in [5.41, 5.74) is 1.49. The van der Waals surface area contributed by atoms with E-state index in [2.05, 4.69) is 21.2 Å². The number of hydrogen-bond donors (Lipinski definition) is 1. The maximum absolute atomic E-state index is 13.2. The third-order valence-corrected chi connectivity index (χ3v) is 4.75. The van der Waals surface area contributed by atoms with Crippen LogP contribution in [-0.2, 0) is 9.84 Å². The summed E-state index contributed by atoms with van der Waals surface area (Å²) in [6.07, 6.45) is 0. The number of hydrogen-bond acceptors (Lipinski definition) is 3. The quantitative estimate of drug-likeness (QED) is 0.906. The van der Waals surface area contributed by atoms with Gasteiger partial charge < -0.3 is 5.32 Å². The number of sulfone groups is 1. The van der Waals surface area contributed by atoms with Gasteiger partial charge in [-0.3, -0.25) is 0 Å². The summed E-state index contributed by atoms with van der Waals surface area (Å²) in [7, 11) is -2.97. The Labute approximate surface area is 109 Å². The molecular formula is C11H15BrFNO2S. The summed E-state index contributed by atoms with van der Waals surface area (Å²) in [4.78, 5) is 0. The van der Waals surface area contributed by atoms with Gasteiger partial charge in [0.15, 0.2) is 9.84 Å². The first-order valence-electron chi connectivity index (χ1n) is 5.25. The van der Waals surface area contributed by atoms with E-state index in [1.165, 1.54) is 6.07 Å². The van der Waals surface area contributed by atoms with Crippen LogP contribution in [0.3, 0.4) is 0 Å². The van der Waals surface area contributed by atoms with Crippen LogP contribution < -0.4 is 5.32 Å². The van der Waals surface area contributed by atoms with Gasteiger partial charge >= 0.3 is 0 Å². The normalized spacial score (nSPS) is 11.5. The molecule has 0 spiro atoms. The maximum atomic E-state index is 13.2. The van der Waals surface area contributed by atoms with Gasteiger partial charge in [-0.1, -0.05) is 6.92 Å². The van der Waals surface area contributed by atoms with Crippen molar-refractivity contribution in [2.75, 3.05) is 23.4 Å². The summed E-state index contributed by atoms with van der Waals surface area (Å²) in [5.74, 6) is -0.104. The third-order valence-electron chi connectivity index (χ3n) is 2.44. The van der Waals surface area contributed by atoms with Crippen molar-refractivity contribution in [2.24, 2.45) is 0 Å². The van der Waals surface area contributed by atoms with E-state index in [-0.39, 0.29) is 17.3 Å². The molecule has 1 aromatic carbocycles. The molecule has 0 aliphatic carbocycles. The van der Waals surface area contributed by atoms with E-state index in [1.54, 1.807) is 19.9 Å². The Morgan fingerprint density at radius 2 is 2.06 bits per heavy atom. The zero-order valence-corrected chi connectivity index (χ0v) is 12.2. The summed E-state index contributed by atoms with van der Waals surface area (Å²) in [6.45, 7) is 3.72. The fourth-order valence-corrected chi connectivity index (χ4v) is 2.37. The Morgan fingerprint density at radius 3 is 2.65 bits per heavy atom. The monoisotopic (exact) mass is 323 g/mol. The van der Waals surface area contributed by atoms with Crippen molar-refractivity contribution in [1.29, 1.82) is 0 Å². The third kappa shape index (κ3) is 4.27. The first kappa shape index (κ1) is 14.4. The Morgan fingerprint density at radius 1 is 1.41 bits per heavy atom. The number of halogens is 2. The Hall–Kier alpha value is -0.620. The molecule has 0 fully saturated rings. The molecule has 0 unspecified atom stereocenters. The largest absolute Gasteiger partial charge is 0.384 e. The van der Waals surface area contributed by atoms with Crippen LogP contribution in [0.15, 0.2) is 16.6 Å². The second-order valence-corrected chi connectivity index (χ2v) is 7.07. The SMILES string of the molecule is CCS(=O)(=O)CCNc1cc(Br)c(F)cc1C. The van der Waals surface area contributed by atoms with Crippen LogP contribution in [0.1, 0.15) is 12.5 Å². The molecule has 6 heteroatoms. The molecule has 0 bridgehead atoms. The van der Waals surface area contributed by atoms with Gasteiger partial charge in [0.2, 0.25) is 0 Å². The van der Waals surface area contributed by atoms with Gasteiger partial charge in [-0.15, -0.1) is 0 Å². The number of benzene rings is 1. The molecule has 1 rings (SSSR count). The molecule has 3 nitrogen and oxygen atoms in total. The average Bonchev–Trinajstić information content (AvgIpc) is 2.25. The minimum Gasteiger partial charge on any atom is -0.384 e. The van der Waals surface area contributed by atoms with Crippen molar-refractivity contribution in [3.05, 3.63) is 28.0 Å². The smallest absolute Gasteiger partial charge is 0.151 e. The van der Waals surface area contributed by atoms with Gasteiger partial charge in [0, 0.05) is 18.0 Å². The minimum absolute atomic E-state index is 0.0813. The van der Waals surface area contributed by atoms with E-state index >= 15 is 0 Å². The molecule has 17 heavy (non-hydrogen) atoms. The van der Waals surface area contributed by atoms with Crippen LogP contribution in [0, 0.1) is 12.7 Å². The standard InChI is InChI=1S/C11H15BrFNO2S/c1-3-17(15,16)5-4-14-11-7-9(12)10(13)6-8(11)2/h6-7,14H,3-5H2,1-2H3. The highest BCUT2D eigenvalue weighted by Crippen LogP contribution is 2.23. The zero-order valence-electron chi connectivity index (χ0n) is 9.76. The maximum Gasteiger partial charge on any atom is 0.151 e. The lowest BCUT2D eigenvalue weighted by Crippen LogP contribution is -2.17. The van der Waals surface area contributed by atoms with Crippen LogP contribution in [0.5, 0.6) is 0 Å². The molecule has 0 amide bonds. The van der Waals surface area contributed by atoms with Crippen molar-refractivity contribution >= 4 is 31.5 Å². The molecule has 1 N–H and O–H groups in total. The number of rotatable bonds is 5. The second-order valence-electron chi connectivity index (χ2n) is 3.74. The molecule has 0 atom stereocenters. The topological polar surface area (TPSA) is 46.2 Å². The predicted molar refractivity (Wildman–Crippen MR) is 71.7 cm³/mol. The van der Waals surface area contributed by atoms with Crippen LogP contribution in [0.25, 0.3) is 0 Å². The highest BCUT2D eigenvalue weighted by molar-refractivity contribution is 9.10. The molecule has 1 aromatic rings. The first-order chi connectivity index (χ1) is 7.85. The van der Waals surface area contributed by atoms with Gasteiger partial charge in [0.1, 0.15) is 5.82 Å². The highest BCUT2D eigenvalue weighted by Gasteiger charge is 2.08. The van der Waals surface area contributed by atoms with Crippen molar-refractivity contribution in [1.82, 2.24) is 0 Å². The van der Waals surface area contributed by atoms with Crippen LogP contribution in [0.4, 0.5) is 10.1 Å². The van der Waals surface area contributed by atoms with Crippen LogP contribution in [0.2, 0.25) is 0 Å². The summed E-state index contributed by atoms with van der Waals surface area (Å²) in [5, 5.41) is 3.00. The molecule has 0 radical (unpaired) electrons. The van der Waals surface area contributed by atoms with Crippen LogP contribution in [-0.4, -0.2) is 26.5 Å². The van der Waals surface area contributed by atoms with Crippen molar-refractivity contribution < 1.29 is 12.8 Å². The van der Waals surface area contributed by atoms with E-state index in [0.717, 1.165) is 11.3 Å². The van der Waals surface area contributed by atoms with Gasteiger partial charge in [-0.05, 0) is 40.5 Å². The lowest BCUT2D eigenvalue weighted by molar-refractivity contribution is 0.597. The molecule has 96 valence electrons. The number of anilines is 1.